The summed E-state index contributed by atoms with van der Waals surface area (Å²) < 4.78 is 7.41. The van der Waals surface area contributed by atoms with Crippen molar-refractivity contribution in [2.45, 2.75) is 52.2 Å². The van der Waals surface area contributed by atoms with Gasteiger partial charge in [-0.2, -0.15) is 0 Å². The molecule has 0 aromatic carbocycles. The molecule has 0 aliphatic heterocycles. The van der Waals surface area contributed by atoms with Crippen molar-refractivity contribution in [2.75, 3.05) is 11.9 Å². The van der Waals surface area contributed by atoms with Crippen LogP contribution < -0.4 is 5.32 Å². The van der Waals surface area contributed by atoms with Crippen LogP contribution in [0.15, 0.2) is 6.20 Å². The first-order valence-corrected chi connectivity index (χ1v) is 6.36. The Morgan fingerprint density at radius 1 is 1.56 bits per heavy atom. The number of hydrogen-bond acceptors (Lipinski definition) is 4. The molecular weight excluding hydrogens is 230 g/mol. The van der Waals surface area contributed by atoms with Gasteiger partial charge in [0.15, 0.2) is 0 Å². The molecule has 1 saturated carbocycles. The molecule has 1 aromatic rings. The Balaban J connectivity index is 1.92. The lowest BCUT2D eigenvalue weighted by Crippen LogP contribution is -2.28. The van der Waals surface area contributed by atoms with E-state index in [1.165, 1.54) is 12.8 Å². The smallest absolute Gasteiger partial charge is 0.325 e. The molecule has 0 saturated heterocycles. The van der Waals surface area contributed by atoms with Crippen molar-refractivity contribution in [3.8, 4) is 0 Å². The molecule has 5 heteroatoms. The summed E-state index contributed by atoms with van der Waals surface area (Å²) in [4.78, 5) is 15.9. The van der Waals surface area contributed by atoms with Crippen LogP contribution in [0.5, 0.6) is 0 Å². The second-order valence-corrected chi connectivity index (χ2v) is 5.73. The molecule has 1 aliphatic carbocycles. The molecule has 18 heavy (non-hydrogen) atoms. The van der Waals surface area contributed by atoms with E-state index >= 15 is 0 Å². The molecule has 1 aromatic heterocycles. The SMILES string of the molecule is Cc1ncc(NCC(=O)OC(C)(C)C)n1C1CC1. The van der Waals surface area contributed by atoms with Gasteiger partial charge in [0, 0.05) is 6.04 Å². The van der Waals surface area contributed by atoms with E-state index in [1.807, 2.05) is 27.7 Å². The van der Waals surface area contributed by atoms with Crippen LogP contribution in [-0.4, -0.2) is 27.7 Å². The van der Waals surface area contributed by atoms with E-state index < -0.39 is 5.60 Å². The molecule has 0 amide bonds. The number of aromatic nitrogens is 2. The third kappa shape index (κ3) is 3.24. The predicted octanol–water partition coefficient (Wildman–Crippen LogP) is 2.28. The summed E-state index contributed by atoms with van der Waals surface area (Å²) in [6, 6.07) is 0.550. The molecule has 100 valence electrons. The van der Waals surface area contributed by atoms with Gasteiger partial charge in [-0.25, -0.2) is 4.98 Å². The van der Waals surface area contributed by atoms with Crippen molar-refractivity contribution in [3.05, 3.63) is 12.0 Å². The molecule has 0 atom stereocenters. The van der Waals surface area contributed by atoms with Crippen molar-refractivity contribution in [1.82, 2.24) is 9.55 Å². The fourth-order valence-electron chi connectivity index (χ4n) is 1.92. The number of rotatable bonds is 4. The first-order chi connectivity index (χ1) is 8.37. The number of aryl methyl sites for hydroxylation is 1. The van der Waals surface area contributed by atoms with Gasteiger partial charge in [0.05, 0.1) is 6.20 Å². The van der Waals surface area contributed by atoms with Crippen molar-refractivity contribution < 1.29 is 9.53 Å². The maximum atomic E-state index is 11.6. The minimum absolute atomic E-state index is 0.176. The zero-order valence-corrected chi connectivity index (χ0v) is 11.5. The molecule has 0 unspecified atom stereocenters. The van der Waals surface area contributed by atoms with Crippen LogP contribution >= 0.6 is 0 Å². The Morgan fingerprint density at radius 3 is 2.78 bits per heavy atom. The summed E-state index contributed by atoms with van der Waals surface area (Å²) in [5.74, 6) is 1.65. The van der Waals surface area contributed by atoms with Crippen LogP contribution in [0.2, 0.25) is 0 Å². The van der Waals surface area contributed by atoms with E-state index in [1.54, 1.807) is 6.20 Å². The van der Waals surface area contributed by atoms with Crippen LogP contribution in [-0.2, 0) is 9.53 Å². The maximum Gasteiger partial charge on any atom is 0.325 e. The highest BCUT2D eigenvalue weighted by Gasteiger charge is 2.27. The zero-order valence-electron chi connectivity index (χ0n) is 11.5. The van der Waals surface area contributed by atoms with Crippen molar-refractivity contribution >= 4 is 11.8 Å². The average molecular weight is 251 g/mol. The number of hydrogen-bond donors (Lipinski definition) is 1. The molecule has 0 spiro atoms. The largest absolute Gasteiger partial charge is 0.459 e. The Hall–Kier alpha value is -1.52. The van der Waals surface area contributed by atoms with E-state index in [9.17, 15) is 4.79 Å². The van der Waals surface area contributed by atoms with Crippen LogP contribution in [0.1, 0.15) is 45.5 Å². The lowest BCUT2D eigenvalue weighted by atomic mass is 10.2. The van der Waals surface area contributed by atoms with Gasteiger partial charge < -0.3 is 14.6 Å². The van der Waals surface area contributed by atoms with Crippen molar-refractivity contribution in [2.24, 2.45) is 0 Å². The number of imidazole rings is 1. The fraction of sp³-hybridized carbons (Fsp3) is 0.692. The van der Waals surface area contributed by atoms with Crippen LogP contribution in [0.25, 0.3) is 0 Å². The predicted molar refractivity (Wildman–Crippen MR) is 69.6 cm³/mol. The van der Waals surface area contributed by atoms with Crippen LogP contribution in [0.3, 0.4) is 0 Å². The Labute approximate surface area is 108 Å². The van der Waals surface area contributed by atoms with Crippen molar-refractivity contribution in [1.29, 1.82) is 0 Å². The average Bonchev–Trinajstić information content (AvgIpc) is 2.98. The highest BCUT2D eigenvalue weighted by molar-refractivity contribution is 5.75. The van der Waals surface area contributed by atoms with Gasteiger partial charge in [0.2, 0.25) is 0 Å². The van der Waals surface area contributed by atoms with E-state index in [2.05, 4.69) is 14.9 Å². The first-order valence-electron chi connectivity index (χ1n) is 6.36. The third-order valence-electron chi connectivity index (χ3n) is 2.73. The van der Waals surface area contributed by atoms with Gasteiger partial charge in [0.1, 0.15) is 23.8 Å². The van der Waals surface area contributed by atoms with Crippen LogP contribution in [0, 0.1) is 6.92 Å². The normalized spacial score (nSPS) is 15.6. The van der Waals surface area contributed by atoms with Gasteiger partial charge in [0.25, 0.3) is 0 Å². The second kappa shape index (κ2) is 4.63. The van der Waals surface area contributed by atoms with Gasteiger partial charge >= 0.3 is 5.97 Å². The highest BCUT2D eigenvalue weighted by atomic mass is 16.6. The summed E-state index contributed by atoms with van der Waals surface area (Å²) in [5, 5.41) is 3.10. The second-order valence-electron chi connectivity index (χ2n) is 5.73. The minimum atomic E-state index is -0.439. The monoisotopic (exact) mass is 251 g/mol. The van der Waals surface area contributed by atoms with Gasteiger partial charge in [-0.1, -0.05) is 0 Å². The van der Waals surface area contributed by atoms with Crippen molar-refractivity contribution in [3.63, 3.8) is 0 Å². The summed E-state index contributed by atoms with van der Waals surface area (Å²) in [5.41, 5.74) is -0.439. The molecule has 1 N–H and O–H groups in total. The Kier molecular flexibility index (Phi) is 3.32. The lowest BCUT2D eigenvalue weighted by Gasteiger charge is -2.20. The third-order valence-corrected chi connectivity index (χ3v) is 2.73. The van der Waals surface area contributed by atoms with E-state index in [4.69, 9.17) is 4.74 Å². The standard InChI is InChI=1S/C13H21N3O2/c1-9-14-7-11(16(9)10-5-6-10)15-8-12(17)18-13(2,3)4/h7,10,15H,5-6,8H2,1-4H3. The number of ether oxygens (including phenoxy) is 1. The molecule has 2 rings (SSSR count). The van der Waals surface area contributed by atoms with Crippen LogP contribution in [0.4, 0.5) is 5.82 Å². The van der Waals surface area contributed by atoms with Gasteiger partial charge in [-0.3, -0.25) is 4.79 Å². The molecule has 0 bridgehead atoms. The Bertz CT molecular complexity index is 442. The van der Waals surface area contributed by atoms with Gasteiger partial charge in [-0.15, -0.1) is 0 Å². The number of anilines is 1. The quantitative estimate of drug-likeness (QED) is 0.834. The van der Waals surface area contributed by atoms with Gasteiger partial charge in [-0.05, 0) is 40.5 Å². The summed E-state index contributed by atoms with van der Waals surface area (Å²) in [6.45, 7) is 7.75. The number of esters is 1. The summed E-state index contributed by atoms with van der Waals surface area (Å²) in [6.07, 6.45) is 4.16. The minimum Gasteiger partial charge on any atom is -0.459 e. The van der Waals surface area contributed by atoms with E-state index in [0.717, 1.165) is 11.6 Å². The molecular formula is C13H21N3O2. The molecule has 5 nitrogen and oxygen atoms in total. The van der Waals surface area contributed by atoms with E-state index in [0.29, 0.717) is 6.04 Å². The molecule has 1 fully saturated rings. The number of carbonyl (C=O) groups is 1. The maximum absolute atomic E-state index is 11.6. The molecule has 1 aliphatic rings. The topological polar surface area (TPSA) is 56.1 Å². The highest BCUT2D eigenvalue weighted by Crippen LogP contribution is 2.38. The first kappa shape index (κ1) is 12.9. The molecule has 1 heterocycles. The number of nitrogens with one attached hydrogen (secondary N) is 1. The molecule has 0 radical (unpaired) electrons. The lowest BCUT2D eigenvalue weighted by molar-refractivity contribution is -0.152. The Morgan fingerprint density at radius 2 is 2.22 bits per heavy atom. The summed E-state index contributed by atoms with van der Waals surface area (Å²) in [7, 11) is 0. The fourth-order valence-corrected chi connectivity index (χ4v) is 1.92. The number of carbonyl (C=O) groups excluding carboxylic acids is 1. The van der Waals surface area contributed by atoms with E-state index in [-0.39, 0.29) is 12.5 Å². The number of nitrogens with zero attached hydrogens (tertiary/aromatic N) is 2. The zero-order chi connectivity index (χ0) is 13.3. The summed E-state index contributed by atoms with van der Waals surface area (Å²) >= 11 is 0.